The van der Waals surface area contributed by atoms with Gasteiger partial charge < -0.3 is 4.98 Å². The number of nitrogens with one attached hydrogen (secondary N) is 1. The first-order valence-electron chi connectivity index (χ1n) is 4.33. The zero-order valence-electron chi connectivity index (χ0n) is 7.17. The van der Waals surface area contributed by atoms with Gasteiger partial charge in [-0.25, -0.2) is 4.98 Å². The maximum Gasteiger partial charge on any atom is 0.137 e. The quantitative estimate of drug-likeness (QED) is 0.718. The van der Waals surface area contributed by atoms with Crippen molar-refractivity contribution in [2.24, 2.45) is 0 Å². The van der Waals surface area contributed by atoms with E-state index in [2.05, 4.69) is 29.2 Å². The molecule has 0 amide bonds. The molecule has 2 nitrogen and oxygen atoms in total. The maximum absolute atomic E-state index is 4.23. The number of rotatable bonds is 2. The zero-order valence-corrected chi connectivity index (χ0v) is 7.17. The summed E-state index contributed by atoms with van der Waals surface area (Å²) in [5.41, 5.74) is 2.38. The van der Waals surface area contributed by atoms with Crippen molar-refractivity contribution in [2.45, 2.75) is 19.8 Å². The lowest BCUT2D eigenvalue weighted by Crippen LogP contribution is -1.79. The van der Waals surface area contributed by atoms with Crippen molar-refractivity contribution in [3.8, 4) is 0 Å². The average Bonchev–Trinajstić information content (AvgIpc) is 2.50. The fourth-order valence-electron chi connectivity index (χ4n) is 1.49. The molecule has 12 heavy (non-hydrogen) atoms. The summed E-state index contributed by atoms with van der Waals surface area (Å²) in [5.74, 6) is 0. The number of hydrogen-bond donors (Lipinski definition) is 1. The van der Waals surface area contributed by atoms with Crippen molar-refractivity contribution < 1.29 is 0 Å². The first kappa shape index (κ1) is 7.35. The number of fused-ring (bicyclic) bond motifs is 1. The summed E-state index contributed by atoms with van der Waals surface area (Å²) >= 11 is 0. The minimum Gasteiger partial charge on any atom is -0.346 e. The van der Waals surface area contributed by atoms with E-state index in [1.807, 2.05) is 12.3 Å². The van der Waals surface area contributed by atoms with Crippen LogP contribution in [-0.2, 0) is 6.42 Å². The molecule has 0 unspecified atom stereocenters. The molecule has 0 saturated carbocycles. The Kier molecular flexibility index (Phi) is 1.82. The molecule has 0 saturated heterocycles. The van der Waals surface area contributed by atoms with Crippen LogP contribution in [0.5, 0.6) is 0 Å². The lowest BCUT2D eigenvalue weighted by Gasteiger charge is -1.93. The molecule has 0 aliphatic heterocycles. The highest BCUT2D eigenvalue weighted by Gasteiger charge is 2.00. The minimum absolute atomic E-state index is 1.00. The van der Waals surface area contributed by atoms with Gasteiger partial charge in [-0.2, -0.15) is 0 Å². The molecule has 0 aromatic carbocycles. The summed E-state index contributed by atoms with van der Waals surface area (Å²) in [5, 5.41) is 1.26. The molecular weight excluding hydrogens is 148 g/mol. The molecule has 1 N–H and O–H groups in total. The summed E-state index contributed by atoms with van der Waals surface area (Å²) in [6.07, 6.45) is 6.18. The van der Waals surface area contributed by atoms with Gasteiger partial charge in [-0.3, -0.25) is 0 Å². The molecule has 0 radical (unpaired) electrons. The zero-order chi connectivity index (χ0) is 8.39. The van der Waals surface area contributed by atoms with E-state index in [0.29, 0.717) is 0 Å². The number of nitrogens with zero attached hydrogens (tertiary/aromatic N) is 1. The molecule has 62 valence electrons. The monoisotopic (exact) mass is 160 g/mol. The molecule has 2 heteroatoms. The highest BCUT2D eigenvalue weighted by atomic mass is 14.8. The summed E-state index contributed by atoms with van der Waals surface area (Å²) in [7, 11) is 0. The SMILES string of the molecule is CCCc1c[nH]c2ncccc12. The second-order valence-corrected chi connectivity index (χ2v) is 2.96. The van der Waals surface area contributed by atoms with Crippen LogP contribution in [0.3, 0.4) is 0 Å². The van der Waals surface area contributed by atoms with Crippen LogP contribution in [0, 0.1) is 0 Å². The molecule has 2 heterocycles. The highest BCUT2D eigenvalue weighted by Crippen LogP contribution is 2.16. The van der Waals surface area contributed by atoms with Crippen LogP contribution >= 0.6 is 0 Å². The number of pyridine rings is 1. The van der Waals surface area contributed by atoms with Crippen LogP contribution < -0.4 is 0 Å². The number of hydrogen-bond acceptors (Lipinski definition) is 1. The molecule has 0 fully saturated rings. The van der Waals surface area contributed by atoms with Gasteiger partial charge in [-0.15, -0.1) is 0 Å². The molecule has 2 aromatic rings. The first-order valence-corrected chi connectivity index (χ1v) is 4.33. The van der Waals surface area contributed by atoms with E-state index in [1.165, 1.54) is 17.4 Å². The predicted octanol–water partition coefficient (Wildman–Crippen LogP) is 2.52. The molecule has 2 rings (SSSR count). The van der Waals surface area contributed by atoms with Crippen LogP contribution in [0.25, 0.3) is 11.0 Å². The average molecular weight is 160 g/mol. The van der Waals surface area contributed by atoms with Gasteiger partial charge >= 0.3 is 0 Å². The lowest BCUT2D eigenvalue weighted by atomic mass is 10.1. The fraction of sp³-hybridized carbons (Fsp3) is 0.300. The normalized spacial score (nSPS) is 10.8. The first-order chi connectivity index (χ1) is 5.92. The van der Waals surface area contributed by atoms with Crippen molar-refractivity contribution in [2.75, 3.05) is 0 Å². The van der Waals surface area contributed by atoms with Crippen LogP contribution in [0.15, 0.2) is 24.5 Å². The van der Waals surface area contributed by atoms with Crippen molar-refractivity contribution in [1.82, 2.24) is 9.97 Å². The second kappa shape index (κ2) is 2.97. The third kappa shape index (κ3) is 1.09. The van der Waals surface area contributed by atoms with Gasteiger partial charge in [-0.1, -0.05) is 13.3 Å². The van der Waals surface area contributed by atoms with E-state index in [0.717, 1.165) is 12.1 Å². The molecule has 0 atom stereocenters. The molecular formula is C10H12N2. The Morgan fingerprint density at radius 3 is 3.25 bits per heavy atom. The van der Waals surface area contributed by atoms with Crippen molar-refractivity contribution in [3.05, 3.63) is 30.1 Å². The van der Waals surface area contributed by atoms with Gasteiger partial charge in [0.05, 0.1) is 0 Å². The molecule has 0 bridgehead atoms. The summed E-state index contributed by atoms with van der Waals surface area (Å²) in [6, 6.07) is 4.10. The third-order valence-corrected chi connectivity index (χ3v) is 2.06. The molecule has 0 aliphatic rings. The topological polar surface area (TPSA) is 28.7 Å². The molecule has 2 aromatic heterocycles. The number of aromatic amines is 1. The standard InChI is InChI=1S/C10H12N2/c1-2-4-8-7-12-10-9(8)5-3-6-11-10/h3,5-7H,2,4H2,1H3,(H,11,12). The van der Waals surface area contributed by atoms with E-state index in [1.54, 1.807) is 0 Å². The Bertz CT molecular complexity index is 376. The van der Waals surface area contributed by atoms with E-state index in [-0.39, 0.29) is 0 Å². The van der Waals surface area contributed by atoms with Gasteiger partial charge in [0.1, 0.15) is 5.65 Å². The second-order valence-electron chi connectivity index (χ2n) is 2.96. The maximum atomic E-state index is 4.23. The van der Waals surface area contributed by atoms with Gasteiger partial charge in [0.25, 0.3) is 0 Å². The fourth-order valence-corrected chi connectivity index (χ4v) is 1.49. The van der Waals surface area contributed by atoms with Gasteiger partial charge in [0, 0.05) is 17.8 Å². The van der Waals surface area contributed by atoms with Crippen molar-refractivity contribution >= 4 is 11.0 Å². The summed E-state index contributed by atoms with van der Waals surface area (Å²) in [4.78, 5) is 7.39. The van der Waals surface area contributed by atoms with E-state index < -0.39 is 0 Å². The van der Waals surface area contributed by atoms with Crippen LogP contribution in [0.1, 0.15) is 18.9 Å². The van der Waals surface area contributed by atoms with Crippen LogP contribution in [0.4, 0.5) is 0 Å². The van der Waals surface area contributed by atoms with Crippen molar-refractivity contribution in [1.29, 1.82) is 0 Å². The smallest absolute Gasteiger partial charge is 0.137 e. The Morgan fingerprint density at radius 2 is 2.42 bits per heavy atom. The lowest BCUT2D eigenvalue weighted by molar-refractivity contribution is 0.929. The third-order valence-electron chi connectivity index (χ3n) is 2.06. The summed E-state index contributed by atoms with van der Waals surface area (Å²) < 4.78 is 0. The minimum atomic E-state index is 1.00. The summed E-state index contributed by atoms with van der Waals surface area (Å²) in [6.45, 7) is 2.19. The van der Waals surface area contributed by atoms with E-state index >= 15 is 0 Å². The number of aryl methyl sites for hydroxylation is 1. The van der Waals surface area contributed by atoms with Crippen LogP contribution in [-0.4, -0.2) is 9.97 Å². The molecule has 0 spiro atoms. The van der Waals surface area contributed by atoms with Crippen LogP contribution in [0.2, 0.25) is 0 Å². The van der Waals surface area contributed by atoms with Crippen molar-refractivity contribution in [3.63, 3.8) is 0 Å². The number of H-pyrrole nitrogens is 1. The predicted molar refractivity (Wildman–Crippen MR) is 50.1 cm³/mol. The Hall–Kier alpha value is -1.31. The Balaban J connectivity index is 2.55. The van der Waals surface area contributed by atoms with Gasteiger partial charge in [-0.05, 0) is 24.1 Å². The number of aromatic nitrogens is 2. The Morgan fingerprint density at radius 1 is 1.50 bits per heavy atom. The van der Waals surface area contributed by atoms with Gasteiger partial charge in [0.15, 0.2) is 0 Å². The Labute approximate surface area is 71.6 Å². The molecule has 0 aliphatic carbocycles. The highest BCUT2D eigenvalue weighted by molar-refractivity contribution is 5.79. The van der Waals surface area contributed by atoms with E-state index in [4.69, 9.17) is 0 Å². The van der Waals surface area contributed by atoms with E-state index in [9.17, 15) is 0 Å². The van der Waals surface area contributed by atoms with Gasteiger partial charge in [0.2, 0.25) is 0 Å². The largest absolute Gasteiger partial charge is 0.346 e.